The second kappa shape index (κ2) is 7.14. The van der Waals surface area contributed by atoms with E-state index in [-0.39, 0.29) is 0 Å². The highest BCUT2D eigenvalue weighted by Gasteiger charge is 2.42. The second-order valence-electron chi connectivity index (χ2n) is 5.43. The molecule has 0 spiro atoms. The third-order valence-corrected chi connectivity index (χ3v) is 5.33. The summed E-state index contributed by atoms with van der Waals surface area (Å²) in [5, 5.41) is 13.2. The maximum absolute atomic E-state index is 11.6. The predicted molar refractivity (Wildman–Crippen MR) is 84.0 cm³/mol. The van der Waals surface area contributed by atoms with Gasteiger partial charge < -0.3 is 10.4 Å². The zero-order valence-corrected chi connectivity index (χ0v) is 12.8. The van der Waals surface area contributed by atoms with Crippen LogP contribution in [0, 0.1) is 0 Å². The first-order valence-corrected chi connectivity index (χ1v) is 8.35. The minimum Gasteiger partial charge on any atom is -0.480 e. The summed E-state index contributed by atoms with van der Waals surface area (Å²) >= 11 is 1.89. The van der Waals surface area contributed by atoms with Crippen LogP contribution in [0.2, 0.25) is 0 Å². The molecule has 1 aliphatic carbocycles. The van der Waals surface area contributed by atoms with Gasteiger partial charge in [-0.3, -0.25) is 4.79 Å². The van der Waals surface area contributed by atoms with Crippen molar-refractivity contribution in [2.75, 3.05) is 6.54 Å². The first kappa shape index (κ1) is 15.4. The number of benzene rings is 1. The van der Waals surface area contributed by atoms with Crippen LogP contribution in [-0.4, -0.2) is 28.4 Å². The van der Waals surface area contributed by atoms with E-state index in [1.165, 1.54) is 5.56 Å². The molecule has 1 aromatic rings. The van der Waals surface area contributed by atoms with Crippen LogP contribution in [0.25, 0.3) is 0 Å². The van der Waals surface area contributed by atoms with Crippen LogP contribution < -0.4 is 5.32 Å². The van der Waals surface area contributed by atoms with Crippen LogP contribution in [0.3, 0.4) is 0 Å². The molecule has 1 aromatic carbocycles. The highest BCUT2D eigenvalue weighted by Crippen LogP contribution is 2.36. The molecule has 20 heavy (non-hydrogen) atoms. The van der Waals surface area contributed by atoms with E-state index in [4.69, 9.17) is 0 Å². The average molecular weight is 293 g/mol. The smallest absolute Gasteiger partial charge is 0.323 e. The van der Waals surface area contributed by atoms with Crippen molar-refractivity contribution in [1.82, 2.24) is 5.32 Å². The van der Waals surface area contributed by atoms with Crippen molar-refractivity contribution in [3.8, 4) is 0 Å². The normalized spacial score (nSPS) is 26.4. The number of thioether (sulfide) groups is 1. The Balaban J connectivity index is 1.94. The molecule has 110 valence electrons. The van der Waals surface area contributed by atoms with Crippen molar-refractivity contribution in [1.29, 1.82) is 0 Å². The van der Waals surface area contributed by atoms with Gasteiger partial charge >= 0.3 is 5.97 Å². The van der Waals surface area contributed by atoms with Crippen molar-refractivity contribution in [3.05, 3.63) is 35.9 Å². The van der Waals surface area contributed by atoms with Gasteiger partial charge in [0.15, 0.2) is 0 Å². The van der Waals surface area contributed by atoms with Crippen LogP contribution in [-0.2, 0) is 10.5 Å². The number of aliphatic carboxylic acids is 1. The summed E-state index contributed by atoms with van der Waals surface area (Å²) in [7, 11) is 0. The number of likely N-dealkylation sites (N-methyl/N-ethyl adjacent to an activating group) is 1. The molecular formula is C16H23NO2S. The molecule has 1 saturated carbocycles. The Kier molecular flexibility index (Phi) is 5.49. The molecule has 0 saturated heterocycles. The van der Waals surface area contributed by atoms with E-state index >= 15 is 0 Å². The topological polar surface area (TPSA) is 49.3 Å². The minimum atomic E-state index is -0.707. The lowest BCUT2D eigenvalue weighted by Crippen LogP contribution is -2.55. The van der Waals surface area contributed by atoms with E-state index in [9.17, 15) is 9.90 Å². The Hall–Kier alpha value is -1.00. The molecule has 0 bridgehead atoms. The van der Waals surface area contributed by atoms with Gasteiger partial charge in [0.05, 0.1) is 0 Å². The van der Waals surface area contributed by atoms with Crippen molar-refractivity contribution in [2.45, 2.75) is 49.1 Å². The van der Waals surface area contributed by atoms with E-state index in [0.29, 0.717) is 11.8 Å². The molecule has 0 aliphatic heterocycles. The van der Waals surface area contributed by atoms with Crippen molar-refractivity contribution in [3.63, 3.8) is 0 Å². The van der Waals surface area contributed by atoms with Crippen molar-refractivity contribution >= 4 is 17.7 Å². The van der Waals surface area contributed by atoms with Gasteiger partial charge in [0.2, 0.25) is 0 Å². The number of hydrogen-bond donors (Lipinski definition) is 2. The molecule has 4 heteroatoms. The summed E-state index contributed by atoms with van der Waals surface area (Å²) in [5.74, 6) is 0.275. The zero-order valence-electron chi connectivity index (χ0n) is 12.0. The van der Waals surface area contributed by atoms with Gasteiger partial charge in [-0.15, -0.1) is 0 Å². The second-order valence-corrected chi connectivity index (χ2v) is 6.72. The Morgan fingerprint density at radius 3 is 2.85 bits per heavy atom. The molecule has 0 aromatic heterocycles. The average Bonchev–Trinajstić information content (AvgIpc) is 2.47. The standard InChI is InChI=1S/C16H23NO2S/c1-2-17-16(15(18)19)10-6-9-14(11-16)20-12-13-7-4-3-5-8-13/h3-5,7-8,14,17H,2,6,9-12H2,1H3,(H,18,19). The van der Waals surface area contributed by atoms with Crippen molar-refractivity contribution in [2.24, 2.45) is 0 Å². The molecule has 1 aliphatic rings. The summed E-state index contributed by atoms with van der Waals surface area (Å²) in [6.07, 6.45) is 3.59. The molecule has 0 radical (unpaired) electrons. The fourth-order valence-corrected chi connectivity index (χ4v) is 4.28. The van der Waals surface area contributed by atoms with Gasteiger partial charge in [0, 0.05) is 11.0 Å². The highest BCUT2D eigenvalue weighted by molar-refractivity contribution is 7.99. The number of carbonyl (C=O) groups is 1. The number of rotatable bonds is 6. The van der Waals surface area contributed by atoms with Gasteiger partial charge in [-0.05, 0) is 37.8 Å². The molecule has 3 nitrogen and oxygen atoms in total. The van der Waals surface area contributed by atoms with Crippen LogP contribution in [0.4, 0.5) is 0 Å². The number of carboxylic acid groups (broad SMARTS) is 1. The Morgan fingerprint density at radius 2 is 2.20 bits per heavy atom. The zero-order chi connectivity index (χ0) is 14.4. The van der Waals surface area contributed by atoms with Crippen LogP contribution in [0.5, 0.6) is 0 Å². The third-order valence-electron chi connectivity index (χ3n) is 3.96. The minimum absolute atomic E-state index is 0.430. The number of carboxylic acids is 1. The van der Waals surface area contributed by atoms with Crippen LogP contribution >= 0.6 is 11.8 Å². The van der Waals surface area contributed by atoms with Crippen molar-refractivity contribution < 1.29 is 9.90 Å². The molecule has 2 atom stereocenters. The summed E-state index contributed by atoms with van der Waals surface area (Å²) in [6.45, 7) is 2.69. The van der Waals surface area contributed by atoms with Gasteiger partial charge in [-0.25, -0.2) is 0 Å². The lowest BCUT2D eigenvalue weighted by atomic mass is 9.81. The molecule has 2 N–H and O–H groups in total. The summed E-state index contributed by atoms with van der Waals surface area (Å²) < 4.78 is 0. The van der Waals surface area contributed by atoms with Crippen LogP contribution in [0.15, 0.2) is 30.3 Å². The maximum Gasteiger partial charge on any atom is 0.323 e. The third kappa shape index (κ3) is 3.76. The molecule has 0 amide bonds. The fraction of sp³-hybridized carbons (Fsp3) is 0.562. The number of hydrogen-bond acceptors (Lipinski definition) is 3. The Morgan fingerprint density at radius 1 is 1.45 bits per heavy atom. The summed E-state index contributed by atoms with van der Waals surface area (Å²) in [4.78, 5) is 11.6. The van der Waals surface area contributed by atoms with Gasteiger partial charge in [-0.2, -0.15) is 11.8 Å². The van der Waals surface area contributed by atoms with E-state index in [1.54, 1.807) is 0 Å². The molecule has 1 fully saturated rings. The molecule has 2 rings (SSSR count). The summed E-state index contributed by atoms with van der Waals surface area (Å²) in [6, 6.07) is 10.4. The molecule has 2 unspecified atom stereocenters. The van der Waals surface area contributed by atoms with Gasteiger partial charge in [0.25, 0.3) is 0 Å². The van der Waals surface area contributed by atoms with Gasteiger partial charge in [0.1, 0.15) is 5.54 Å². The van der Waals surface area contributed by atoms with Gasteiger partial charge in [-0.1, -0.05) is 37.3 Å². The first-order chi connectivity index (χ1) is 9.66. The molecule has 0 heterocycles. The molecular weight excluding hydrogens is 270 g/mol. The lowest BCUT2D eigenvalue weighted by molar-refractivity contribution is -0.146. The Bertz CT molecular complexity index is 433. The Labute approximate surface area is 125 Å². The predicted octanol–water partition coefficient (Wildman–Crippen LogP) is 3.30. The maximum atomic E-state index is 11.6. The lowest BCUT2D eigenvalue weighted by Gasteiger charge is -2.38. The van der Waals surface area contributed by atoms with E-state index in [2.05, 4.69) is 29.6 Å². The monoisotopic (exact) mass is 293 g/mol. The quantitative estimate of drug-likeness (QED) is 0.845. The fourth-order valence-electron chi connectivity index (χ4n) is 2.92. The van der Waals surface area contributed by atoms with E-state index in [1.807, 2.05) is 24.8 Å². The largest absolute Gasteiger partial charge is 0.480 e. The summed E-state index contributed by atoms with van der Waals surface area (Å²) in [5.41, 5.74) is 0.605. The van der Waals surface area contributed by atoms with E-state index < -0.39 is 11.5 Å². The highest BCUT2D eigenvalue weighted by atomic mass is 32.2. The number of nitrogens with one attached hydrogen (secondary N) is 1. The van der Waals surface area contributed by atoms with E-state index in [0.717, 1.165) is 31.4 Å². The SMILES string of the molecule is CCNC1(C(=O)O)CCCC(SCc2ccccc2)C1. The first-order valence-electron chi connectivity index (χ1n) is 7.30. The van der Waals surface area contributed by atoms with Crippen LogP contribution in [0.1, 0.15) is 38.2 Å².